The highest BCUT2D eigenvalue weighted by atomic mass is 32.2. The minimum Gasteiger partial charge on any atom is -0.381 e. The molecule has 1 aromatic rings. The van der Waals surface area contributed by atoms with Crippen molar-refractivity contribution in [1.29, 1.82) is 0 Å². The van der Waals surface area contributed by atoms with Crippen molar-refractivity contribution in [2.45, 2.75) is 0 Å². The normalized spacial score (nSPS) is 8.45. The maximum absolute atomic E-state index is 5.48. The molecule has 2 N–H and O–H groups in total. The number of nitrogen functional groups attached to an aromatic ring is 1. The summed E-state index contributed by atoms with van der Waals surface area (Å²) in [5.41, 5.74) is 6.02. The molecule has 4 heteroatoms. The van der Waals surface area contributed by atoms with Gasteiger partial charge in [-0.05, 0) is 17.4 Å². The predicted molar refractivity (Wildman–Crippen MR) is 46.8 cm³/mol. The van der Waals surface area contributed by atoms with Crippen LogP contribution in [0, 0.1) is 11.2 Å². The molecule has 1 heterocycles. The molecule has 0 saturated heterocycles. The molecule has 3 nitrogen and oxygen atoms in total. The van der Waals surface area contributed by atoms with Crippen molar-refractivity contribution in [3.8, 4) is 11.2 Å². The van der Waals surface area contributed by atoms with Gasteiger partial charge in [0, 0.05) is 12.4 Å². The van der Waals surface area contributed by atoms with E-state index in [0.29, 0.717) is 11.5 Å². The molecule has 0 aliphatic heterocycles. The van der Waals surface area contributed by atoms with Crippen LogP contribution in [-0.2, 0) is 0 Å². The van der Waals surface area contributed by atoms with Gasteiger partial charge < -0.3 is 5.73 Å². The molecule has 0 bridgehead atoms. The molecule has 0 aliphatic rings. The van der Waals surface area contributed by atoms with Crippen LogP contribution in [0.25, 0.3) is 0 Å². The lowest BCUT2D eigenvalue weighted by Gasteiger charge is -1.91. The lowest BCUT2D eigenvalue weighted by Crippen LogP contribution is -1.95. The Labute approximate surface area is 69.4 Å². The lowest BCUT2D eigenvalue weighted by molar-refractivity contribution is 1.19. The van der Waals surface area contributed by atoms with Gasteiger partial charge in [-0.3, -0.25) is 0 Å². The van der Waals surface area contributed by atoms with Gasteiger partial charge in [-0.25, -0.2) is 9.97 Å². The Morgan fingerprint density at radius 1 is 1.45 bits per heavy atom. The average molecular weight is 165 g/mol. The van der Waals surface area contributed by atoms with Crippen LogP contribution in [0.1, 0.15) is 5.69 Å². The van der Waals surface area contributed by atoms with Crippen molar-refractivity contribution < 1.29 is 0 Å². The van der Waals surface area contributed by atoms with Gasteiger partial charge in [-0.15, -0.1) is 0 Å². The molecule has 0 aliphatic carbocycles. The van der Waals surface area contributed by atoms with E-state index in [2.05, 4.69) is 21.1 Å². The number of hydrogen-bond acceptors (Lipinski definition) is 4. The first-order valence-corrected chi connectivity index (χ1v) is 4.17. The SMILES string of the molecule is CSC#Cc1nccnc1N. The molecule has 0 aromatic carbocycles. The Morgan fingerprint density at radius 3 is 2.82 bits per heavy atom. The highest BCUT2D eigenvalue weighted by Crippen LogP contribution is 2.00. The van der Waals surface area contributed by atoms with Gasteiger partial charge in [0.05, 0.1) is 0 Å². The summed E-state index contributed by atoms with van der Waals surface area (Å²) in [6, 6.07) is 0. The summed E-state index contributed by atoms with van der Waals surface area (Å²) < 4.78 is 0. The minimum absolute atomic E-state index is 0.383. The van der Waals surface area contributed by atoms with Gasteiger partial charge >= 0.3 is 0 Å². The van der Waals surface area contributed by atoms with Crippen molar-refractivity contribution in [2.75, 3.05) is 12.0 Å². The van der Waals surface area contributed by atoms with E-state index in [1.54, 1.807) is 12.4 Å². The van der Waals surface area contributed by atoms with E-state index in [4.69, 9.17) is 5.73 Å². The molecule has 0 spiro atoms. The molecule has 1 rings (SSSR count). The number of nitrogens with zero attached hydrogens (tertiary/aromatic N) is 2. The van der Waals surface area contributed by atoms with E-state index in [-0.39, 0.29) is 0 Å². The van der Waals surface area contributed by atoms with Crippen LogP contribution in [-0.4, -0.2) is 16.2 Å². The van der Waals surface area contributed by atoms with Crippen LogP contribution in [0.4, 0.5) is 5.82 Å². The topological polar surface area (TPSA) is 51.8 Å². The van der Waals surface area contributed by atoms with Crippen LogP contribution in [0.5, 0.6) is 0 Å². The molecule has 0 fully saturated rings. The summed E-state index contributed by atoms with van der Waals surface area (Å²) in [5.74, 6) is 3.16. The Kier molecular flexibility index (Phi) is 2.75. The second-order valence-electron chi connectivity index (χ2n) is 1.72. The second-order valence-corrected chi connectivity index (χ2v) is 2.33. The fourth-order valence-electron chi connectivity index (χ4n) is 0.544. The van der Waals surface area contributed by atoms with Gasteiger partial charge in [0.1, 0.15) is 0 Å². The van der Waals surface area contributed by atoms with Crippen LogP contribution in [0.2, 0.25) is 0 Å². The molecular formula is C7H7N3S. The molecule has 0 atom stereocenters. The number of aromatic nitrogens is 2. The Morgan fingerprint density at radius 2 is 2.18 bits per heavy atom. The van der Waals surface area contributed by atoms with Crippen molar-refractivity contribution in [1.82, 2.24) is 9.97 Å². The summed E-state index contributed by atoms with van der Waals surface area (Å²) >= 11 is 1.42. The molecule has 0 unspecified atom stereocenters. The minimum atomic E-state index is 0.383. The van der Waals surface area contributed by atoms with Crippen LogP contribution in [0.3, 0.4) is 0 Å². The lowest BCUT2D eigenvalue weighted by atomic mass is 10.4. The van der Waals surface area contributed by atoms with Crippen LogP contribution in [0.15, 0.2) is 12.4 Å². The first-order chi connectivity index (χ1) is 5.34. The molecule has 0 saturated carbocycles. The average Bonchev–Trinajstić information content (AvgIpc) is 2.03. The Bertz CT molecular complexity index is 300. The van der Waals surface area contributed by atoms with Crippen molar-refractivity contribution in [2.24, 2.45) is 0 Å². The zero-order valence-corrected chi connectivity index (χ0v) is 6.85. The zero-order valence-electron chi connectivity index (χ0n) is 6.03. The molecule has 0 radical (unpaired) electrons. The first kappa shape index (κ1) is 7.89. The van der Waals surface area contributed by atoms with Gasteiger partial charge in [-0.2, -0.15) is 0 Å². The summed E-state index contributed by atoms with van der Waals surface area (Å²) in [7, 11) is 0. The number of anilines is 1. The van der Waals surface area contributed by atoms with E-state index in [9.17, 15) is 0 Å². The van der Waals surface area contributed by atoms with E-state index in [0.717, 1.165) is 0 Å². The molecular weight excluding hydrogens is 158 g/mol. The van der Waals surface area contributed by atoms with Gasteiger partial charge in [-0.1, -0.05) is 11.8 Å². The third kappa shape index (κ3) is 2.13. The molecule has 0 amide bonds. The second kappa shape index (κ2) is 3.84. The highest BCUT2D eigenvalue weighted by Gasteiger charge is 1.93. The summed E-state index contributed by atoms with van der Waals surface area (Å²) in [6.07, 6.45) is 5.00. The Balaban J connectivity index is 2.95. The Hall–Kier alpha value is -1.21. The highest BCUT2D eigenvalue weighted by molar-refractivity contribution is 8.03. The third-order valence-corrected chi connectivity index (χ3v) is 1.30. The fourth-order valence-corrected chi connectivity index (χ4v) is 0.743. The molecule has 1 aromatic heterocycles. The maximum atomic E-state index is 5.48. The van der Waals surface area contributed by atoms with Crippen molar-refractivity contribution in [3.05, 3.63) is 18.1 Å². The molecule has 11 heavy (non-hydrogen) atoms. The number of nitrogens with two attached hydrogens (primary N) is 1. The summed E-state index contributed by atoms with van der Waals surface area (Å²) in [5, 5.41) is 2.79. The van der Waals surface area contributed by atoms with Gasteiger partial charge in [0.2, 0.25) is 0 Å². The van der Waals surface area contributed by atoms with Crippen molar-refractivity contribution in [3.63, 3.8) is 0 Å². The standard InChI is InChI=1S/C7H7N3S/c1-11-5-2-6-7(8)10-4-3-9-6/h3-4H,1H3,(H2,8,10). The monoisotopic (exact) mass is 165 g/mol. The van der Waals surface area contributed by atoms with E-state index in [1.807, 2.05) is 6.26 Å². The number of rotatable bonds is 0. The summed E-state index contributed by atoms with van der Waals surface area (Å²) in [6.45, 7) is 0. The van der Waals surface area contributed by atoms with E-state index >= 15 is 0 Å². The van der Waals surface area contributed by atoms with Crippen LogP contribution >= 0.6 is 11.8 Å². The third-order valence-electron chi connectivity index (χ3n) is 0.998. The predicted octanol–water partition coefficient (Wildman–Crippen LogP) is 0.731. The van der Waals surface area contributed by atoms with Gasteiger partial charge in [0.15, 0.2) is 11.5 Å². The van der Waals surface area contributed by atoms with E-state index in [1.165, 1.54) is 11.8 Å². The quantitative estimate of drug-likeness (QED) is 0.576. The fraction of sp³-hybridized carbons (Fsp3) is 0.143. The smallest absolute Gasteiger partial charge is 0.158 e. The largest absolute Gasteiger partial charge is 0.381 e. The number of thioether (sulfide) groups is 1. The molecule has 56 valence electrons. The summed E-state index contributed by atoms with van der Waals surface area (Å²) in [4.78, 5) is 7.78. The van der Waals surface area contributed by atoms with Crippen molar-refractivity contribution >= 4 is 17.6 Å². The maximum Gasteiger partial charge on any atom is 0.158 e. The first-order valence-electron chi connectivity index (χ1n) is 2.95. The van der Waals surface area contributed by atoms with E-state index < -0.39 is 0 Å². The van der Waals surface area contributed by atoms with Crippen LogP contribution < -0.4 is 5.73 Å². The zero-order chi connectivity index (χ0) is 8.10. The van der Waals surface area contributed by atoms with Gasteiger partial charge in [0.25, 0.3) is 0 Å². The number of hydrogen-bond donors (Lipinski definition) is 1.